The first-order valence-electron chi connectivity index (χ1n) is 5.24. The van der Waals surface area contributed by atoms with Crippen molar-refractivity contribution >= 4 is 93.8 Å². The second-order valence-corrected chi connectivity index (χ2v) is 17.7. The summed E-state index contributed by atoms with van der Waals surface area (Å²) in [6, 6.07) is 0. The highest BCUT2D eigenvalue weighted by atomic mass is 33.7. The molecule has 19 heavy (non-hydrogen) atoms. The summed E-state index contributed by atoms with van der Waals surface area (Å²) in [6.45, 7) is 8.80. The molecule has 0 fully saturated rings. The Balaban J connectivity index is 2.14. The van der Waals surface area contributed by atoms with Gasteiger partial charge in [0.25, 0.3) is 0 Å². The molecule has 0 bridgehead atoms. The largest absolute Gasteiger partial charge is 0.186 e. The van der Waals surface area contributed by atoms with Gasteiger partial charge in [-0.3, -0.25) is 0 Å². The van der Waals surface area contributed by atoms with Gasteiger partial charge in [-0.25, -0.2) is 0 Å². The van der Waals surface area contributed by atoms with Gasteiger partial charge in [-0.15, -0.1) is 10.2 Å². The van der Waals surface area contributed by atoms with Crippen molar-refractivity contribution in [3.05, 3.63) is 0 Å². The van der Waals surface area contributed by atoms with Crippen LogP contribution in [0.15, 0.2) is 8.68 Å². The lowest BCUT2D eigenvalue weighted by atomic mass is 10.6. The molecule has 0 aliphatic heterocycles. The van der Waals surface area contributed by atoms with Crippen molar-refractivity contribution in [2.24, 2.45) is 0 Å². The van der Waals surface area contributed by atoms with Gasteiger partial charge >= 0.3 is 0 Å². The van der Waals surface area contributed by atoms with Crippen LogP contribution in [0.3, 0.4) is 0 Å². The van der Waals surface area contributed by atoms with Crippen LogP contribution < -0.4 is 0 Å². The molecule has 1 aromatic heterocycles. The third-order valence-corrected chi connectivity index (χ3v) is 16.0. The maximum absolute atomic E-state index is 4.18. The van der Waals surface area contributed by atoms with Crippen LogP contribution in [-0.2, 0) is 0 Å². The molecule has 1 rings (SSSR count). The lowest BCUT2D eigenvalue weighted by Crippen LogP contribution is -1.78. The summed E-state index contributed by atoms with van der Waals surface area (Å²) in [5.74, 6) is 0. The molecule has 0 saturated heterocycles. The molecule has 0 aliphatic rings. The Labute approximate surface area is 149 Å². The van der Waals surface area contributed by atoms with E-state index in [1.165, 1.54) is 0 Å². The van der Waals surface area contributed by atoms with Crippen LogP contribution >= 0.6 is 93.8 Å². The van der Waals surface area contributed by atoms with Gasteiger partial charge in [0.2, 0.25) is 0 Å². The van der Waals surface area contributed by atoms with E-state index in [9.17, 15) is 0 Å². The Morgan fingerprint density at radius 3 is 1.53 bits per heavy atom. The second-order valence-electron chi connectivity index (χ2n) is 3.56. The van der Waals surface area contributed by atoms with Crippen molar-refractivity contribution in [2.45, 2.75) is 46.9 Å². The molecule has 2 nitrogen and oxygen atoms in total. The Bertz CT molecular complexity index is 312. The van der Waals surface area contributed by atoms with E-state index >= 15 is 0 Å². The second kappa shape index (κ2) is 11.9. The number of nitrogens with zero attached hydrogens (tertiary/aromatic N) is 2. The Hall–Kier alpha value is 2.36. The van der Waals surface area contributed by atoms with E-state index in [1.54, 1.807) is 72.2 Å². The van der Waals surface area contributed by atoms with E-state index in [1.807, 2.05) is 21.6 Å². The highest BCUT2D eigenvalue weighted by Crippen LogP contribution is 2.51. The number of aromatic nitrogens is 2. The van der Waals surface area contributed by atoms with Crippen LogP contribution in [-0.4, -0.2) is 20.7 Å². The molecule has 0 saturated carbocycles. The van der Waals surface area contributed by atoms with Gasteiger partial charge in [0.1, 0.15) is 0 Å². The first-order chi connectivity index (χ1) is 9.08. The van der Waals surface area contributed by atoms with Gasteiger partial charge in [0.05, 0.1) is 0 Å². The summed E-state index contributed by atoms with van der Waals surface area (Å²) < 4.78 is 2.07. The number of rotatable bonds is 10. The Morgan fingerprint density at radius 1 is 0.737 bits per heavy atom. The summed E-state index contributed by atoms with van der Waals surface area (Å²) in [6.07, 6.45) is 0. The zero-order valence-electron chi connectivity index (χ0n) is 10.7. The minimum Gasteiger partial charge on any atom is -0.130 e. The summed E-state index contributed by atoms with van der Waals surface area (Å²) >= 11 is 1.67. The molecule has 0 amide bonds. The first-order valence-corrected chi connectivity index (χ1v) is 15.8. The molecule has 110 valence electrons. The smallest absolute Gasteiger partial charge is 0.130 e. The van der Waals surface area contributed by atoms with Crippen LogP contribution in [0.4, 0.5) is 0 Å². The van der Waals surface area contributed by atoms with Crippen LogP contribution in [0.25, 0.3) is 0 Å². The van der Waals surface area contributed by atoms with Gasteiger partial charge < -0.3 is 0 Å². The number of hydrogen-bond donors (Lipinski definition) is 0. The summed E-state index contributed by atoms with van der Waals surface area (Å²) in [5, 5.41) is 9.68. The van der Waals surface area contributed by atoms with Crippen molar-refractivity contribution in [3.63, 3.8) is 0 Å². The van der Waals surface area contributed by atoms with E-state index < -0.39 is 0 Å². The van der Waals surface area contributed by atoms with E-state index in [-0.39, 0.29) is 0 Å². The topological polar surface area (TPSA) is 25.8 Å². The van der Waals surface area contributed by atoms with E-state index in [4.69, 9.17) is 0 Å². The van der Waals surface area contributed by atoms with Gasteiger partial charge in [-0.05, 0) is 60.9 Å². The predicted molar refractivity (Wildman–Crippen MR) is 107 cm³/mol. The van der Waals surface area contributed by atoms with Crippen molar-refractivity contribution in [2.75, 3.05) is 0 Å². The molecule has 0 aliphatic carbocycles. The van der Waals surface area contributed by atoms with Gasteiger partial charge in [-0.1, -0.05) is 60.6 Å². The highest BCUT2D eigenvalue weighted by Gasteiger charge is 2.08. The minimum absolute atomic E-state index is 0.658. The number of hydrogen-bond acceptors (Lipinski definition) is 11. The highest BCUT2D eigenvalue weighted by molar-refractivity contribution is 9.26. The molecule has 0 atom stereocenters. The Kier molecular flexibility index (Phi) is 12.1. The molecule has 1 aromatic rings. The fraction of sp³-hybridized carbons (Fsp3) is 0.750. The third kappa shape index (κ3) is 10.7. The first kappa shape index (κ1) is 19.4. The monoisotopic (exact) mass is 426 g/mol. The maximum Gasteiger partial charge on any atom is 0.186 e. The fourth-order valence-electron chi connectivity index (χ4n) is 0.540. The maximum atomic E-state index is 4.18. The normalized spacial score (nSPS) is 11.7. The van der Waals surface area contributed by atoms with Crippen molar-refractivity contribution in [3.8, 4) is 0 Å². The molecule has 0 spiro atoms. The molecule has 1 heterocycles. The molecular formula is C8H14N2S9. The van der Waals surface area contributed by atoms with Crippen molar-refractivity contribution in [1.29, 1.82) is 0 Å². The molecular weight excluding hydrogens is 413 g/mol. The Morgan fingerprint density at radius 2 is 1.16 bits per heavy atom. The molecule has 0 unspecified atom stereocenters. The van der Waals surface area contributed by atoms with Crippen LogP contribution in [0.5, 0.6) is 0 Å². The average Bonchev–Trinajstić information content (AvgIpc) is 2.78. The van der Waals surface area contributed by atoms with Crippen LogP contribution in [0, 0.1) is 0 Å². The van der Waals surface area contributed by atoms with Gasteiger partial charge in [0.15, 0.2) is 8.68 Å². The van der Waals surface area contributed by atoms with Gasteiger partial charge in [-0.2, -0.15) is 0 Å². The van der Waals surface area contributed by atoms with E-state index in [0.717, 1.165) is 8.68 Å². The zero-order chi connectivity index (χ0) is 14.1. The molecule has 0 radical (unpaired) electrons. The summed E-state index contributed by atoms with van der Waals surface area (Å²) in [7, 11) is 14.3. The quantitative estimate of drug-likeness (QED) is 0.277. The minimum atomic E-state index is 0.658. The standard InChI is InChI=1S/C8H14N2S9/c1-5(2)12-16-18-14-7-9-10-8(11-7)15-19-17-13-6(3)4/h5-6H,1-4H3. The summed E-state index contributed by atoms with van der Waals surface area (Å²) in [4.78, 5) is 0. The fourth-order valence-corrected chi connectivity index (χ4v) is 14.6. The third-order valence-electron chi connectivity index (χ3n) is 1.12. The molecule has 11 heteroatoms. The van der Waals surface area contributed by atoms with Crippen molar-refractivity contribution in [1.82, 2.24) is 10.2 Å². The lowest BCUT2D eigenvalue weighted by molar-refractivity contribution is 0.959. The van der Waals surface area contributed by atoms with E-state index in [0.29, 0.717) is 10.5 Å². The summed E-state index contributed by atoms with van der Waals surface area (Å²) in [5.41, 5.74) is 0. The lowest BCUT2D eigenvalue weighted by Gasteiger charge is -2.00. The zero-order valence-corrected chi connectivity index (χ0v) is 18.1. The predicted octanol–water partition coefficient (Wildman–Crippen LogP) is 7.43. The average molecular weight is 427 g/mol. The van der Waals surface area contributed by atoms with Crippen molar-refractivity contribution < 1.29 is 0 Å². The molecule has 0 N–H and O–H groups in total. The van der Waals surface area contributed by atoms with Crippen LogP contribution in [0.2, 0.25) is 0 Å². The SMILES string of the molecule is CC(C)SSSSc1nnc(SSSSC(C)C)s1. The van der Waals surface area contributed by atoms with E-state index in [2.05, 4.69) is 37.9 Å². The van der Waals surface area contributed by atoms with Crippen LogP contribution in [0.1, 0.15) is 27.7 Å². The molecule has 0 aromatic carbocycles. The van der Waals surface area contributed by atoms with Gasteiger partial charge in [0, 0.05) is 10.5 Å².